The van der Waals surface area contributed by atoms with Crippen LogP contribution in [0.4, 0.5) is 5.00 Å². The van der Waals surface area contributed by atoms with Crippen molar-refractivity contribution < 1.29 is 19.1 Å². The van der Waals surface area contributed by atoms with Gasteiger partial charge < -0.3 is 14.8 Å². The number of thiophene rings is 1. The molecular weight excluding hydrogens is 532 g/mol. The van der Waals surface area contributed by atoms with Crippen LogP contribution in [0.15, 0.2) is 36.0 Å². The molecule has 0 atom stereocenters. The number of aryl methyl sites for hydroxylation is 1. The van der Waals surface area contributed by atoms with Crippen molar-refractivity contribution in [3.8, 4) is 17.1 Å². The molecule has 2 aromatic heterocycles. The Kier molecular flexibility index (Phi) is 9.28. The second kappa shape index (κ2) is 12.6. The molecule has 1 amide bonds. The van der Waals surface area contributed by atoms with E-state index in [2.05, 4.69) is 22.1 Å². The third-order valence-corrected chi connectivity index (χ3v) is 8.49. The molecule has 37 heavy (non-hydrogen) atoms. The number of rotatable bonds is 9. The first-order valence-electron chi connectivity index (χ1n) is 12.0. The summed E-state index contributed by atoms with van der Waals surface area (Å²) >= 11 is 8.95. The number of benzene rings is 1. The molecule has 0 saturated heterocycles. The second-order valence-corrected chi connectivity index (χ2v) is 11.0. The highest BCUT2D eigenvalue weighted by Gasteiger charge is 2.26. The molecular formula is C26H29ClN4O4S2. The summed E-state index contributed by atoms with van der Waals surface area (Å²) in [4.78, 5) is 26.8. The summed E-state index contributed by atoms with van der Waals surface area (Å²) < 4.78 is 12.4. The topological polar surface area (TPSA) is 95.3 Å². The van der Waals surface area contributed by atoms with Crippen molar-refractivity contribution in [3.63, 3.8) is 0 Å². The van der Waals surface area contributed by atoms with Gasteiger partial charge in [-0.15, -0.1) is 28.1 Å². The Hall–Kier alpha value is -2.82. The maximum Gasteiger partial charge on any atom is 0.341 e. The van der Waals surface area contributed by atoms with Gasteiger partial charge in [0.1, 0.15) is 10.8 Å². The van der Waals surface area contributed by atoms with Crippen LogP contribution in [0.2, 0.25) is 5.02 Å². The smallest absolute Gasteiger partial charge is 0.341 e. The Balaban J connectivity index is 1.54. The number of fused-ring (bicyclic) bond motifs is 1. The van der Waals surface area contributed by atoms with E-state index in [0.29, 0.717) is 44.4 Å². The van der Waals surface area contributed by atoms with Crippen LogP contribution >= 0.6 is 34.7 Å². The van der Waals surface area contributed by atoms with Crippen LogP contribution in [0, 0.1) is 0 Å². The van der Waals surface area contributed by atoms with Gasteiger partial charge in [0.15, 0.2) is 11.0 Å². The first-order valence-corrected chi connectivity index (χ1v) is 14.2. The predicted molar refractivity (Wildman–Crippen MR) is 148 cm³/mol. The number of carbonyl (C=O) groups is 2. The largest absolute Gasteiger partial charge is 0.496 e. The molecule has 0 fully saturated rings. The zero-order valence-electron chi connectivity index (χ0n) is 20.8. The number of hydrogen-bond donors (Lipinski definition) is 1. The van der Waals surface area contributed by atoms with Crippen molar-refractivity contribution in [2.24, 2.45) is 0 Å². The highest BCUT2D eigenvalue weighted by molar-refractivity contribution is 7.99. The molecule has 0 aliphatic heterocycles. The number of esters is 1. The molecule has 1 N–H and O–H groups in total. The number of carbonyl (C=O) groups excluding carboxylic acids is 2. The molecule has 0 radical (unpaired) electrons. The van der Waals surface area contributed by atoms with Crippen LogP contribution < -0.4 is 10.1 Å². The summed E-state index contributed by atoms with van der Waals surface area (Å²) in [7, 11) is 2.95. The van der Waals surface area contributed by atoms with Crippen molar-refractivity contribution in [1.29, 1.82) is 0 Å². The van der Waals surface area contributed by atoms with Gasteiger partial charge in [0, 0.05) is 16.4 Å². The number of aromatic nitrogens is 3. The van der Waals surface area contributed by atoms with Gasteiger partial charge in [-0.3, -0.25) is 9.36 Å². The number of ether oxygens (including phenoxy) is 2. The van der Waals surface area contributed by atoms with Gasteiger partial charge >= 0.3 is 5.97 Å². The molecule has 0 spiro atoms. The summed E-state index contributed by atoms with van der Waals surface area (Å²) in [5.74, 6) is 0.616. The predicted octanol–water partition coefficient (Wildman–Crippen LogP) is 6.03. The highest BCUT2D eigenvalue weighted by atomic mass is 35.5. The normalized spacial score (nSPS) is 13.3. The molecule has 1 aliphatic rings. The van der Waals surface area contributed by atoms with Crippen LogP contribution in [0.1, 0.15) is 46.5 Å². The molecule has 196 valence electrons. The Bertz CT molecular complexity index is 1300. The summed E-state index contributed by atoms with van der Waals surface area (Å²) in [6, 6.07) is 5.28. The third kappa shape index (κ3) is 6.19. The number of anilines is 1. The summed E-state index contributed by atoms with van der Waals surface area (Å²) in [5.41, 5.74) is 2.21. The number of hydrogen-bond acceptors (Lipinski definition) is 8. The van der Waals surface area contributed by atoms with Gasteiger partial charge in [0.2, 0.25) is 5.91 Å². The maximum absolute atomic E-state index is 13.0. The van der Waals surface area contributed by atoms with Crippen molar-refractivity contribution >= 4 is 51.6 Å². The van der Waals surface area contributed by atoms with E-state index in [4.69, 9.17) is 21.1 Å². The van der Waals surface area contributed by atoms with Crippen molar-refractivity contribution in [3.05, 3.63) is 51.9 Å². The van der Waals surface area contributed by atoms with Crippen LogP contribution in [0.25, 0.3) is 11.4 Å². The number of thioether (sulfide) groups is 1. The van der Waals surface area contributed by atoms with E-state index in [1.54, 1.807) is 31.4 Å². The SMILES string of the molecule is C=CCn1c(SCC(=O)Nc2sc3c(c2C(=O)OC)CCCCCC3)nnc1-c1cc(Cl)ccc1OC. The number of halogens is 1. The van der Waals surface area contributed by atoms with E-state index >= 15 is 0 Å². The standard InChI is InChI=1S/C26H29ClN4O4S2/c1-4-13-31-23(18-14-16(27)11-12-19(18)34-2)29-30-26(31)36-15-21(32)28-24-22(25(33)35-3)17-9-7-5-6-8-10-20(17)37-24/h4,11-12,14H,1,5-10,13,15H2,2-3H3,(H,28,32). The quantitative estimate of drug-likeness (QED) is 0.194. The average molecular weight is 561 g/mol. The Morgan fingerprint density at radius 3 is 2.73 bits per heavy atom. The molecule has 3 aromatic rings. The second-order valence-electron chi connectivity index (χ2n) is 8.50. The number of amides is 1. The van der Waals surface area contributed by atoms with Crippen LogP contribution in [0.5, 0.6) is 5.75 Å². The number of nitrogens with zero attached hydrogens (tertiary/aromatic N) is 3. The molecule has 1 aliphatic carbocycles. The van der Waals surface area contributed by atoms with Gasteiger partial charge in [0.05, 0.1) is 31.1 Å². The van der Waals surface area contributed by atoms with E-state index in [0.717, 1.165) is 42.5 Å². The molecule has 0 saturated carbocycles. The van der Waals surface area contributed by atoms with E-state index in [-0.39, 0.29) is 11.7 Å². The lowest BCUT2D eigenvalue weighted by atomic mass is 9.96. The van der Waals surface area contributed by atoms with Gasteiger partial charge in [-0.25, -0.2) is 4.79 Å². The third-order valence-electron chi connectivity index (χ3n) is 6.08. The number of methoxy groups -OCH3 is 2. The fraction of sp³-hybridized carbons (Fsp3) is 0.385. The average Bonchev–Trinajstić information content (AvgIpc) is 3.42. The molecule has 0 bridgehead atoms. The summed E-state index contributed by atoms with van der Waals surface area (Å²) in [5, 5.41) is 13.3. The fourth-order valence-electron chi connectivity index (χ4n) is 4.36. The maximum atomic E-state index is 13.0. The monoisotopic (exact) mass is 560 g/mol. The summed E-state index contributed by atoms with van der Waals surface area (Å²) in [6.45, 7) is 4.27. The molecule has 2 heterocycles. The first-order chi connectivity index (χ1) is 18.0. The van der Waals surface area contributed by atoms with E-state index in [1.807, 2.05) is 4.57 Å². The molecule has 8 nitrogen and oxygen atoms in total. The molecule has 11 heteroatoms. The zero-order chi connectivity index (χ0) is 26.4. The minimum absolute atomic E-state index is 0.0884. The molecule has 1 aromatic carbocycles. The Morgan fingerprint density at radius 1 is 1.22 bits per heavy atom. The van der Waals surface area contributed by atoms with Crippen molar-refractivity contribution in [2.45, 2.75) is 50.2 Å². The lowest BCUT2D eigenvalue weighted by Gasteiger charge is -2.11. The van der Waals surface area contributed by atoms with Crippen molar-refractivity contribution in [1.82, 2.24) is 14.8 Å². The molecule has 0 unspecified atom stereocenters. The Morgan fingerprint density at radius 2 is 2.00 bits per heavy atom. The summed E-state index contributed by atoms with van der Waals surface area (Å²) in [6.07, 6.45) is 7.89. The zero-order valence-corrected chi connectivity index (χ0v) is 23.2. The van der Waals surface area contributed by atoms with Crippen LogP contribution in [-0.4, -0.2) is 46.6 Å². The van der Waals surface area contributed by atoms with Gasteiger partial charge in [-0.1, -0.05) is 42.3 Å². The number of nitrogens with one attached hydrogen (secondary N) is 1. The van der Waals surface area contributed by atoms with Crippen LogP contribution in [0.3, 0.4) is 0 Å². The lowest BCUT2D eigenvalue weighted by Crippen LogP contribution is -2.17. The first kappa shape index (κ1) is 27.2. The van der Waals surface area contributed by atoms with Gasteiger partial charge in [-0.05, 0) is 49.4 Å². The Labute approximate surface area is 229 Å². The minimum Gasteiger partial charge on any atom is -0.496 e. The fourth-order valence-corrected chi connectivity index (χ4v) is 6.58. The van der Waals surface area contributed by atoms with Crippen LogP contribution in [-0.2, 0) is 28.9 Å². The lowest BCUT2D eigenvalue weighted by molar-refractivity contribution is -0.113. The minimum atomic E-state index is -0.410. The number of allylic oxidation sites excluding steroid dienone is 1. The van der Waals surface area contributed by atoms with E-state index in [1.165, 1.54) is 36.6 Å². The van der Waals surface area contributed by atoms with Gasteiger partial charge in [0.25, 0.3) is 0 Å². The van der Waals surface area contributed by atoms with Crippen molar-refractivity contribution in [2.75, 3.05) is 25.3 Å². The molecule has 4 rings (SSSR count). The highest BCUT2D eigenvalue weighted by Crippen LogP contribution is 2.38. The van der Waals surface area contributed by atoms with E-state index < -0.39 is 5.97 Å². The van der Waals surface area contributed by atoms with E-state index in [9.17, 15) is 9.59 Å². The van der Waals surface area contributed by atoms with Gasteiger partial charge in [-0.2, -0.15) is 0 Å².